The Hall–Kier alpha value is -2.30. The van der Waals surface area contributed by atoms with Crippen molar-refractivity contribution < 1.29 is 18.7 Å². The van der Waals surface area contributed by atoms with Gasteiger partial charge in [0, 0.05) is 33.3 Å². The Bertz CT molecular complexity index is 733. The molecule has 1 fully saturated rings. The Morgan fingerprint density at radius 2 is 2.19 bits per heavy atom. The van der Waals surface area contributed by atoms with Crippen LogP contribution in [0.15, 0.2) is 22.8 Å². The summed E-state index contributed by atoms with van der Waals surface area (Å²) in [6, 6.07) is 3.37. The fourth-order valence-corrected chi connectivity index (χ4v) is 3.46. The van der Waals surface area contributed by atoms with E-state index in [-0.39, 0.29) is 18.4 Å². The summed E-state index contributed by atoms with van der Waals surface area (Å²) in [5, 5.41) is 11.8. The number of carbonyl (C=O) groups is 2. The smallest absolute Gasteiger partial charge is 0.289 e. The van der Waals surface area contributed by atoms with Crippen LogP contribution >= 0.6 is 11.3 Å². The summed E-state index contributed by atoms with van der Waals surface area (Å²) in [4.78, 5) is 28.4. The molecule has 2 amide bonds. The highest BCUT2D eigenvalue weighted by molar-refractivity contribution is 7.15. The summed E-state index contributed by atoms with van der Waals surface area (Å²) in [6.07, 6.45) is 2.30. The monoisotopic (exact) mass is 379 g/mol. The number of aromatic nitrogens is 2. The van der Waals surface area contributed by atoms with Gasteiger partial charge in [-0.1, -0.05) is 11.3 Å². The lowest BCUT2D eigenvalue weighted by atomic mass is 10.3. The van der Waals surface area contributed by atoms with Crippen molar-refractivity contribution in [3.05, 3.63) is 29.2 Å². The zero-order valence-electron chi connectivity index (χ0n) is 14.5. The molecule has 1 aliphatic heterocycles. The Morgan fingerprint density at radius 1 is 1.31 bits per heavy atom. The maximum Gasteiger partial charge on any atom is 0.289 e. The summed E-state index contributed by atoms with van der Waals surface area (Å²) in [5.41, 5.74) is 0. The van der Waals surface area contributed by atoms with E-state index in [1.165, 1.54) is 17.6 Å². The molecule has 1 N–H and O–H groups in total. The first kappa shape index (κ1) is 18.5. The molecule has 10 heteroatoms. The first-order chi connectivity index (χ1) is 12.7. The lowest BCUT2D eigenvalue weighted by molar-refractivity contribution is -0.117. The standard InChI is InChI=1S/C16H21N5O4S/c1-24-11-14-18-19-16(26-14)17-13(22)10-20-5-3-6-21(8-7-20)15(23)12-4-2-9-25-12/h2,4,9H,3,5-8,10-11H2,1H3,(H,17,19,22). The van der Waals surface area contributed by atoms with E-state index in [2.05, 4.69) is 15.5 Å². The molecule has 0 radical (unpaired) electrons. The van der Waals surface area contributed by atoms with Crippen LogP contribution in [0.1, 0.15) is 22.0 Å². The van der Waals surface area contributed by atoms with Crippen LogP contribution < -0.4 is 5.32 Å². The van der Waals surface area contributed by atoms with Gasteiger partial charge in [-0.15, -0.1) is 10.2 Å². The Kier molecular flexibility index (Phi) is 6.31. The molecular formula is C16H21N5O4S. The molecule has 0 saturated carbocycles. The van der Waals surface area contributed by atoms with Gasteiger partial charge >= 0.3 is 0 Å². The number of nitrogens with one attached hydrogen (secondary N) is 1. The second-order valence-corrected chi connectivity index (χ2v) is 6.94. The van der Waals surface area contributed by atoms with E-state index in [4.69, 9.17) is 9.15 Å². The van der Waals surface area contributed by atoms with Gasteiger partial charge in [-0.3, -0.25) is 19.8 Å². The van der Waals surface area contributed by atoms with E-state index in [9.17, 15) is 9.59 Å². The largest absolute Gasteiger partial charge is 0.459 e. The summed E-state index contributed by atoms with van der Waals surface area (Å²) in [7, 11) is 1.58. The van der Waals surface area contributed by atoms with Crippen LogP contribution in [0.4, 0.5) is 5.13 Å². The van der Waals surface area contributed by atoms with Crippen molar-refractivity contribution in [3.63, 3.8) is 0 Å². The highest BCUT2D eigenvalue weighted by Crippen LogP contribution is 2.16. The zero-order valence-corrected chi connectivity index (χ0v) is 15.3. The topological polar surface area (TPSA) is 101 Å². The van der Waals surface area contributed by atoms with E-state index in [1.54, 1.807) is 24.1 Å². The van der Waals surface area contributed by atoms with E-state index in [0.29, 0.717) is 42.1 Å². The summed E-state index contributed by atoms with van der Waals surface area (Å²) in [6.45, 7) is 3.21. The molecule has 9 nitrogen and oxygen atoms in total. The van der Waals surface area contributed by atoms with Crippen LogP contribution in [0.3, 0.4) is 0 Å². The molecule has 2 aromatic rings. The zero-order chi connectivity index (χ0) is 18.4. The highest BCUT2D eigenvalue weighted by Gasteiger charge is 2.23. The van der Waals surface area contributed by atoms with E-state index in [1.807, 2.05) is 4.90 Å². The second kappa shape index (κ2) is 8.88. The van der Waals surface area contributed by atoms with Crippen LogP contribution in [-0.2, 0) is 16.1 Å². The first-order valence-corrected chi connectivity index (χ1v) is 9.13. The fraction of sp³-hybridized carbons (Fsp3) is 0.500. The van der Waals surface area contributed by atoms with Crippen LogP contribution in [0.2, 0.25) is 0 Å². The molecule has 0 unspecified atom stereocenters. The number of anilines is 1. The van der Waals surface area contributed by atoms with Gasteiger partial charge in [0.05, 0.1) is 12.8 Å². The van der Waals surface area contributed by atoms with Crippen LogP contribution in [0.5, 0.6) is 0 Å². The minimum atomic E-state index is -0.143. The van der Waals surface area contributed by atoms with Crippen LogP contribution in [0, 0.1) is 0 Å². The Labute approximate surface area is 154 Å². The first-order valence-electron chi connectivity index (χ1n) is 8.32. The number of amides is 2. The van der Waals surface area contributed by atoms with Crippen molar-refractivity contribution >= 4 is 28.3 Å². The maximum absolute atomic E-state index is 12.3. The maximum atomic E-state index is 12.3. The Morgan fingerprint density at radius 3 is 2.96 bits per heavy atom. The quantitative estimate of drug-likeness (QED) is 0.801. The van der Waals surface area contributed by atoms with Crippen molar-refractivity contribution in [1.82, 2.24) is 20.0 Å². The van der Waals surface area contributed by atoms with Crippen molar-refractivity contribution in [3.8, 4) is 0 Å². The number of carbonyl (C=O) groups excluding carboxylic acids is 2. The lowest BCUT2D eigenvalue weighted by Crippen LogP contribution is -2.37. The van der Waals surface area contributed by atoms with Crippen LogP contribution in [-0.4, -0.2) is 71.6 Å². The second-order valence-electron chi connectivity index (χ2n) is 5.88. The third kappa shape index (κ3) is 4.87. The average Bonchev–Trinajstić information content (AvgIpc) is 3.24. The number of hydrogen-bond acceptors (Lipinski definition) is 8. The molecule has 0 aliphatic carbocycles. The number of ether oxygens (including phenoxy) is 1. The van der Waals surface area contributed by atoms with E-state index >= 15 is 0 Å². The fourth-order valence-electron chi connectivity index (χ4n) is 2.74. The minimum absolute atomic E-state index is 0.110. The molecule has 0 aromatic carbocycles. The van der Waals surface area contributed by atoms with Gasteiger partial charge < -0.3 is 14.1 Å². The number of furan rings is 1. The number of methoxy groups -OCH3 is 1. The number of hydrogen-bond donors (Lipinski definition) is 1. The lowest BCUT2D eigenvalue weighted by Gasteiger charge is -2.20. The van der Waals surface area contributed by atoms with Crippen LogP contribution in [0.25, 0.3) is 0 Å². The number of nitrogens with zero attached hydrogens (tertiary/aromatic N) is 4. The average molecular weight is 379 g/mol. The Balaban J connectivity index is 1.48. The SMILES string of the molecule is COCc1nnc(NC(=O)CN2CCCN(C(=O)c3ccco3)CC2)s1. The molecule has 3 rings (SSSR count). The van der Waals surface area contributed by atoms with Gasteiger partial charge in [0.1, 0.15) is 11.6 Å². The molecule has 26 heavy (non-hydrogen) atoms. The summed E-state index contributed by atoms with van der Waals surface area (Å²) < 4.78 is 10.2. The molecule has 1 saturated heterocycles. The van der Waals surface area contributed by atoms with Gasteiger partial charge in [0.15, 0.2) is 5.76 Å². The van der Waals surface area contributed by atoms with E-state index < -0.39 is 0 Å². The molecule has 0 atom stereocenters. The van der Waals surface area contributed by atoms with E-state index in [0.717, 1.165) is 13.0 Å². The van der Waals surface area contributed by atoms with Crippen molar-refractivity contribution in [2.45, 2.75) is 13.0 Å². The molecule has 1 aliphatic rings. The van der Waals surface area contributed by atoms with Gasteiger partial charge in [-0.2, -0.15) is 0 Å². The molecule has 0 bridgehead atoms. The number of rotatable bonds is 6. The minimum Gasteiger partial charge on any atom is -0.459 e. The normalized spacial score (nSPS) is 15.7. The molecule has 0 spiro atoms. The van der Waals surface area contributed by atoms with Gasteiger partial charge in [0.25, 0.3) is 5.91 Å². The highest BCUT2D eigenvalue weighted by atomic mass is 32.1. The van der Waals surface area contributed by atoms with Crippen molar-refractivity contribution in [2.75, 3.05) is 45.2 Å². The van der Waals surface area contributed by atoms with Gasteiger partial charge in [0.2, 0.25) is 11.0 Å². The van der Waals surface area contributed by atoms with Crippen molar-refractivity contribution in [1.29, 1.82) is 0 Å². The predicted octanol–water partition coefficient (Wildman–Crippen LogP) is 1.06. The third-order valence-electron chi connectivity index (χ3n) is 3.96. The molecule has 3 heterocycles. The van der Waals surface area contributed by atoms with Gasteiger partial charge in [-0.05, 0) is 18.6 Å². The third-order valence-corrected chi connectivity index (χ3v) is 4.77. The van der Waals surface area contributed by atoms with Crippen molar-refractivity contribution in [2.24, 2.45) is 0 Å². The molecule has 140 valence electrons. The van der Waals surface area contributed by atoms with Gasteiger partial charge in [-0.25, -0.2) is 0 Å². The summed E-state index contributed by atoms with van der Waals surface area (Å²) in [5.74, 6) is 0.0936. The molecular weight excluding hydrogens is 358 g/mol. The predicted molar refractivity (Wildman–Crippen MR) is 94.9 cm³/mol. The summed E-state index contributed by atoms with van der Waals surface area (Å²) >= 11 is 1.29. The molecule has 2 aromatic heterocycles.